The highest BCUT2D eigenvalue weighted by atomic mass is 16.9. The fourth-order valence-corrected chi connectivity index (χ4v) is 3.43. The predicted octanol–water partition coefficient (Wildman–Crippen LogP) is 6.83. The summed E-state index contributed by atoms with van der Waals surface area (Å²) in [7, 11) is 0. The Balaban J connectivity index is 0.000000155. The van der Waals surface area contributed by atoms with Gasteiger partial charge in [-0.25, -0.2) is 4.42 Å². The Bertz CT molecular complexity index is 988. The largest absolute Gasteiger partial charge is 0.777 e. The van der Waals surface area contributed by atoms with Crippen molar-refractivity contribution >= 4 is 6.96 Å². The molecule has 5 nitrogen and oxygen atoms in total. The van der Waals surface area contributed by atoms with Gasteiger partial charge >= 0.3 is 18.5 Å². The van der Waals surface area contributed by atoms with Crippen molar-refractivity contribution < 1.29 is 23.0 Å². The number of fused-ring (bicyclic) bond motifs is 2. The Morgan fingerprint density at radius 3 is 1.19 bits per heavy atom. The fourth-order valence-electron chi connectivity index (χ4n) is 3.43. The lowest BCUT2D eigenvalue weighted by Crippen LogP contribution is -2.54. The van der Waals surface area contributed by atoms with Crippen molar-refractivity contribution in [2.75, 3.05) is 0 Å². The summed E-state index contributed by atoms with van der Waals surface area (Å²) >= 11 is 0. The van der Waals surface area contributed by atoms with Crippen LogP contribution in [0.1, 0.15) is 58.6 Å². The quantitative estimate of drug-likeness (QED) is 0.287. The molecule has 2 aromatic carbocycles. The van der Waals surface area contributed by atoms with Crippen molar-refractivity contribution in [2.24, 2.45) is 0 Å². The fraction of sp³-hybridized carbons (Fsp3) is 0.346. The zero-order chi connectivity index (χ0) is 23.1. The van der Waals surface area contributed by atoms with Crippen LogP contribution in [0.2, 0.25) is 0 Å². The van der Waals surface area contributed by atoms with E-state index in [9.17, 15) is 0 Å². The first-order chi connectivity index (χ1) is 15.0. The molecule has 0 saturated heterocycles. The lowest BCUT2D eigenvalue weighted by atomic mass is 9.89. The molecule has 3 heterocycles. The summed E-state index contributed by atoms with van der Waals surface area (Å²) in [4.78, 5) is 0. The van der Waals surface area contributed by atoms with Gasteiger partial charge in [0.1, 0.15) is 23.0 Å². The molecule has 3 aromatic rings. The van der Waals surface area contributed by atoms with E-state index in [0.29, 0.717) is 23.0 Å². The van der Waals surface area contributed by atoms with E-state index in [1.54, 1.807) is 0 Å². The van der Waals surface area contributed by atoms with E-state index in [1.165, 1.54) is 5.56 Å². The van der Waals surface area contributed by atoms with Gasteiger partial charge in [0.05, 0.1) is 10.8 Å². The van der Waals surface area contributed by atoms with Crippen molar-refractivity contribution in [2.45, 2.75) is 59.3 Å². The summed E-state index contributed by atoms with van der Waals surface area (Å²) in [6.45, 7) is 13.0. The minimum atomic E-state index is -2.21. The minimum absolute atomic E-state index is 0.0754. The van der Waals surface area contributed by atoms with Crippen LogP contribution in [0, 0.1) is 6.92 Å². The second-order valence-corrected chi connectivity index (χ2v) is 10.3. The SMILES string of the molecule is Cc1cc(C(C)(C)C)[o+]c(C(C)(C)C)c1.c1ccc2c(c1)O[B-]1(O2)Oc2ccccc2O1. The molecule has 0 saturated carbocycles. The number of rotatable bonds is 0. The summed E-state index contributed by atoms with van der Waals surface area (Å²) in [5.41, 5.74) is 1.43. The van der Waals surface area contributed by atoms with Crippen LogP contribution in [0.15, 0.2) is 65.1 Å². The Labute approximate surface area is 190 Å². The molecule has 0 amide bonds. The van der Waals surface area contributed by atoms with Crippen molar-refractivity contribution in [3.05, 3.63) is 77.7 Å². The molecule has 0 radical (unpaired) electrons. The first-order valence-corrected chi connectivity index (χ1v) is 11.0. The van der Waals surface area contributed by atoms with Gasteiger partial charge < -0.3 is 18.6 Å². The molecule has 0 atom stereocenters. The summed E-state index contributed by atoms with van der Waals surface area (Å²) < 4.78 is 28.5. The Kier molecular flexibility index (Phi) is 5.36. The van der Waals surface area contributed by atoms with E-state index in [1.807, 2.05) is 48.5 Å². The van der Waals surface area contributed by atoms with E-state index in [4.69, 9.17) is 23.0 Å². The van der Waals surface area contributed by atoms with E-state index < -0.39 is 6.96 Å². The predicted molar refractivity (Wildman–Crippen MR) is 126 cm³/mol. The maximum absolute atomic E-state index is 5.99. The molecule has 0 N–H and O–H groups in total. The van der Waals surface area contributed by atoms with Gasteiger partial charge in [-0.15, -0.1) is 0 Å². The Morgan fingerprint density at radius 1 is 0.594 bits per heavy atom. The molecule has 1 aromatic heterocycles. The molecule has 1 spiro atoms. The van der Waals surface area contributed by atoms with Crippen LogP contribution >= 0.6 is 0 Å². The number of hydrogen-bond acceptors (Lipinski definition) is 4. The molecule has 168 valence electrons. The monoisotopic (exact) mass is 434 g/mol. The van der Waals surface area contributed by atoms with Crippen molar-refractivity contribution in [3.63, 3.8) is 0 Å². The normalized spacial score (nSPS) is 15.3. The maximum atomic E-state index is 5.99. The molecular formula is C26H31BO5. The second kappa shape index (κ2) is 7.77. The average molecular weight is 434 g/mol. The van der Waals surface area contributed by atoms with Gasteiger partial charge in [0.15, 0.2) is 0 Å². The summed E-state index contributed by atoms with van der Waals surface area (Å²) in [5.74, 6) is 4.68. The van der Waals surface area contributed by atoms with Crippen LogP contribution in [-0.4, -0.2) is 6.96 Å². The highest BCUT2D eigenvalue weighted by molar-refractivity contribution is 6.59. The molecule has 0 unspecified atom stereocenters. The molecule has 32 heavy (non-hydrogen) atoms. The molecule has 5 rings (SSSR count). The highest BCUT2D eigenvalue weighted by Gasteiger charge is 2.51. The van der Waals surface area contributed by atoms with Crippen LogP contribution < -0.4 is 18.6 Å². The van der Waals surface area contributed by atoms with E-state index in [0.717, 1.165) is 11.5 Å². The molecule has 0 fully saturated rings. The van der Waals surface area contributed by atoms with Crippen LogP contribution in [0.4, 0.5) is 0 Å². The Hall–Kier alpha value is -3.15. The highest BCUT2D eigenvalue weighted by Crippen LogP contribution is 2.44. The molecular weight excluding hydrogens is 403 g/mol. The summed E-state index contributed by atoms with van der Waals surface area (Å²) in [6, 6.07) is 19.0. The van der Waals surface area contributed by atoms with Gasteiger partial charge in [-0.1, -0.05) is 24.3 Å². The topological polar surface area (TPSA) is 48.2 Å². The van der Waals surface area contributed by atoms with Gasteiger partial charge in [-0.3, -0.25) is 0 Å². The average Bonchev–Trinajstić information content (AvgIpc) is 3.24. The van der Waals surface area contributed by atoms with Gasteiger partial charge in [0.2, 0.25) is 0 Å². The van der Waals surface area contributed by atoms with Crippen LogP contribution in [0.25, 0.3) is 0 Å². The maximum Gasteiger partial charge on any atom is 0.777 e. The van der Waals surface area contributed by atoms with Crippen LogP contribution in [0.5, 0.6) is 23.0 Å². The Morgan fingerprint density at radius 2 is 0.906 bits per heavy atom. The van der Waals surface area contributed by atoms with E-state index in [-0.39, 0.29) is 10.8 Å². The first-order valence-electron chi connectivity index (χ1n) is 11.0. The van der Waals surface area contributed by atoms with E-state index in [2.05, 4.69) is 60.6 Å². The number of para-hydroxylation sites is 4. The van der Waals surface area contributed by atoms with Crippen LogP contribution in [0.3, 0.4) is 0 Å². The lowest BCUT2D eigenvalue weighted by Gasteiger charge is -2.27. The molecule has 0 aliphatic carbocycles. The number of benzene rings is 2. The zero-order valence-corrected chi connectivity index (χ0v) is 19.9. The lowest BCUT2D eigenvalue weighted by molar-refractivity contribution is 0.224. The van der Waals surface area contributed by atoms with Gasteiger partial charge in [0, 0.05) is 12.1 Å². The van der Waals surface area contributed by atoms with Gasteiger partial charge in [0.25, 0.3) is 0 Å². The third-order valence-corrected chi connectivity index (χ3v) is 5.20. The van der Waals surface area contributed by atoms with Gasteiger partial charge in [-0.2, -0.15) is 0 Å². The van der Waals surface area contributed by atoms with E-state index >= 15 is 0 Å². The van der Waals surface area contributed by atoms with Crippen LogP contribution in [-0.2, 0) is 10.8 Å². The molecule has 6 heteroatoms. The molecule has 2 aliphatic heterocycles. The number of aryl methyl sites for hydroxylation is 1. The zero-order valence-electron chi connectivity index (χ0n) is 19.9. The smallest absolute Gasteiger partial charge is 0.609 e. The summed E-state index contributed by atoms with van der Waals surface area (Å²) in [5, 5.41) is 0. The van der Waals surface area contributed by atoms with Gasteiger partial charge in [-0.05, 0) is 78.3 Å². The van der Waals surface area contributed by atoms with Crippen molar-refractivity contribution in [1.29, 1.82) is 0 Å². The standard InChI is InChI=1S/C14H23O.C12H8BO4/c1-10-8-11(13(2,3)4)15-12(9-10)14(5,6)7;1-2-6-10-9(5-1)14-13(15-10)16-11-7-3-4-8-12(11)17-13/h8-9H,1-7H3;1-8H/q+1;-1. The third kappa shape index (κ3) is 4.54. The molecule has 0 bridgehead atoms. The van der Waals surface area contributed by atoms with Crippen molar-refractivity contribution in [1.82, 2.24) is 0 Å². The van der Waals surface area contributed by atoms with Crippen molar-refractivity contribution in [3.8, 4) is 23.0 Å². The molecule has 2 aliphatic rings. The second-order valence-electron chi connectivity index (χ2n) is 10.3. The summed E-state index contributed by atoms with van der Waals surface area (Å²) in [6.07, 6.45) is 0. The minimum Gasteiger partial charge on any atom is -0.609 e. The number of hydrogen-bond donors (Lipinski definition) is 0. The first kappa shape index (κ1) is 22.1. The third-order valence-electron chi connectivity index (χ3n) is 5.20.